The van der Waals surface area contributed by atoms with Crippen LogP contribution < -0.4 is 4.90 Å². The van der Waals surface area contributed by atoms with Crippen LogP contribution in [-0.2, 0) is 9.59 Å². The summed E-state index contributed by atoms with van der Waals surface area (Å²) in [7, 11) is 0. The predicted octanol–water partition coefficient (Wildman–Crippen LogP) is 5.92. The van der Waals surface area contributed by atoms with Crippen LogP contribution in [0.2, 0.25) is 0 Å². The number of nitrogens with zero attached hydrogens (tertiary/aromatic N) is 2. The molecule has 0 N–H and O–H groups in total. The minimum Gasteiger partial charge on any atom is -0.467 e. The number of aliphatic imine (C=N–C) groups is 1. The van der Waals surface area contributed by atoms with E-state index in [1.165, 1.54) is 5.56 Å². The molecule has 33 heavy (non-hydrogen) atoms. The maximum absolute atomic E-state index is 13.8. The largest absolute Gasteiger partial charge is 0.467 e. The molecule has 2 saturated carbocycles. The third-order valence-corrected chi connectivity index (χ3v) is 7.16. The van der Waals surface area contributed by atoms with Crippen molar-refractivity contribution < 1.29 is 14.0 Å². The van der Waals surface area contributed by atoms with Gasteiger partial charge in [0.15, 0.2) is 0 Å². The summed E-state index contributed by atoms with van der Waals surface area (Å²) in [4.78, 5) is 34.2. The molecule has 2 heterocycles. The normalized spacial score (nSPS) is 24.5. The Bertz CT molecular complexity index is 1240. The third kappa shape index (κ3) is 3.52. The first-order valence-corrected chi connectivity index (χ1v) is 11.7. The Labute approximate surface area is 193 Å². The van der Waals surface area contributed by atoms with Crippen LogP contribution in [0.15, 0.2) is 76.3 Å². The number of hydrogen-bond acceptors (Lipinski definition) is 4. The summed E-state index contributed by atoms with van der Waals surface area (Å²) in [5.74, 6) is 0.412. The topological polar surface area (TPSA) is 62.9 Å². The number of carbonyl (C=O) groups is 2. The molecule has 1 aromatic heterocycles. The molecule has 1 aliphatic heterocycles. The van der Waals surface area contributed by atoms with E-state index in [1.54, 1.807) is 6.26 Å². The van der Waals surface area contributed by atoms with E-state index in [1.807, 2.05) is 41.3 Å². The van der Waals surface area contributed by atoms with Gasteiger partial charge in [-0.25, -0.2) is 0 Å². The first-order valence-electron chi connectivity index (χ1n) is 11.7. The summed E-state index contributed by atoms with van der Waals surface area (Å²) < 4.78 is 5.85. The van der Waals surface area contributed by atoms with Gasteiger partial charge in [-0.15, -0.1) is 0 Å². The number of benzene rings is 2. The van der Waals surface area contributed by atoms with Crippen molar-refractivity contribution in [3.8, 4) is 0 Å². The number of carbonyl (C=O) groups excluding carboxylic acids is 2. The first-order chi connectivity index (χ1) is 16.1. The highest BCUT2D eigenvalue weighted by atomic mass is 16.3. The van der Waals surface area contributed by atoms with E-state index in [9.17, 15) is 9.59 Å². The number of para-hydroxylation sites is 2. The van der Waals surface area contributed by atoms with E-state index >= 15 is 0 Å². The average molecular weight is 439 g/mol. The summed E-state index contributed by atoms with van der Waals surface area (Å²) in [5, 5.41) is 0. The van der Waals surface area contributed by atoms with E-state index < -0.39 is 12.0 Å². The van der Waals surface area contributed by atoms with Gasteiger partial charge in [0, 0.05) is 18.1 Å². The lowest BCUT2D eigenvalue weighted by molar-refractivity contribution is -0.123. The zero-order chi connectivity index (χ0) is 22.5. The number of furan rings is 1. The summed E-state index contributed by atoms with van der Waals surface area (Å²) in [5.41, 5.74) is 4.71. The van der Waals surface area contributed by atoms with Gasteiger partial charge in [0.1, 0.15) is 17.6 Å². The first kappa shape index (κ1) is 20.2. The number of hydrogen-bond donors (Lipinski definition) is 0. The van der Waals surface area contributed by atoms with Crippen molar-refractivity contribution in [2.24, 2.45) is 16.8 Å². The Morgan fingerprint density at radius 3 is 2.52 bits per heavy atom. The van der Waals surface area contributed by atoms with Crippen LogP contribution in [-0.4, -0.2) is 17.4 Å². The fourth-order valence-electron chi connectivity index (χ4n) is 5.30. The van der Waals surface area contributed by atoms with Gasteiger partial charge < -0.3 is 4.42 Å². The van der Waals surface area contributed by atoms with Crippen LogP contribution >= 0.6 is 0 Å². The lowest BCUT2D eigenvalue weighted by Crippen LogP contribution is -2.46. The third-order valence-electron chi connectivity index (χ3n) is 7.16. The van der Waals surface area contributed by atoms with Crippen LogP contribution in [0.4, 0.5) is 11.4 Å². The number of rotatable bonds is 3. The fourth-order valence-corrected chi connectivity index (χ4v) is 5.30. The van der Waals surface area contributed by atoms with Gasteiger partial charge in [-0.2, -0.15) is 0 Å². The zero-order valence-corrected chi connectivity index (χ0v) is 18.6. The molecular formula is C28H26N2O3. The summed E-state index contributed by atoms with van der Waals surface area (Å²) >= 11 is 0. The molecule has 1 unspecified atom stereocenters. The van der Waals surface area contributed by atoms with E-state index in [0.29, 0.717) is 18.6 Å². The minimum atomic E-state index is -0.512. The van der Waals surface area contributed by atoms with Gasteiger partial charge in [-0.05, 0) is 61.9 Å². The minimum absolute atomic E-state index is 0.0102. The standard InChI is InChI=1S/C28H26N2O3/c1-17-8-10-18(11-9-17)20-15-22-26(24(31)16-20)27(25-7-4-14-33-25)30(28(32)19-12-13-19)23-6-3-2-5-21(23)29-22/h2-11,14,19-20,26-27H,12-13,15-16H2,1H3/t20-,26?,27+/m1/s1. The molecule has 166 valence electrons. The smallest absolute Gasteiger partial charge is 0.230 e. The number of amides is 1. The molecule has 0 saturated heterocycles. The van der Waals surface area contributed by atoms with E-state index in [4.69, 9.17) is 9.41 Å². The van der Waals surface area contributed by atoms with Gasteiger partial charge >= 0.3 is 0 Å². The van der Waals surface area contributed by atoms with Gasteiger partial charge in [-0.3, -0.25) is 19.5 Å². The van der Waals surface area contributed by atoms with Crippen molar-refractivity contribution >= 4 is 28.8 Å². The highest BCUT2D eigenvalue weighted by Crippen LogP contribution is 2.49. The molecule has 3 aromatic rings. The summed E-state index contributed by atoms with van der Waals surface area (Å²) in [6.07, 6.45) is 4.53. The second kappa shape index (κ2) is 7.84. The molecule has 0 spiro atoms. The van der Waals surface area contributed by atoms with Crippen LogP contribution in [0.3, 0.4) is 0 Å². The molecule has 1 amide bonds. The van der Waals surface area contributed by atoms with E-state index in [2.05, 4.69) is 31.2 Å². The SMILES string of the molecule is Cc1ccc([C@H]2CC(=O)C3C(=Nc4ccccc4N(C(=O)C4CC4)[C@H]3c3ccco3)C2)cc1. The zero-order valence-electron chi connectivity index (χ0n) is 18.6. The molecule has 0 bridgehead atoms. The number of aryl methyl sites for hydroxylation is 1. The molecule has 2 aliphatic carbocycles. The van der Waals surface area contributed by atoms with E-state index in [0.717, 1.165) is 35.5 Å². The molecule has 3 atom stereocenters. The number of fused-ring (bicyclic) bond motifs is 2. The molecule has 5 nitrogen and oxygen atoms in total. The van der Waals surface area contributed by atoms with Crippen molar-refractivity contribution in [1.82, 2.24) is 0 Å². The maximum Gasteiger partial charge on any atom is 0.230 e. The Morgan fingerprint density at radius 1 is 1.00 bits per heavy atom. The number of anilines is 1. The highest BCUT2D eigenvalue weighted by molar-refractivity contribution is 6.13. The molecule has 0 radical (unpaired) electrons. The molecule has 6 rings (SSSR count). The molecule has 3 aliphatic rings. The molecule has 2 fully saturated rings. The molecule has 5 heteroatoms. The van der Waals surface area contributed by atoms with Crippen molar-refractivity contribution in [1.29, 1.82) is 0 Å². The lowest BCUT2D eigenvalue weighted by atomic mass is 9.72. The second-order valence-corrected chi connectivity index (χ2v) is 9.49. The Balaban J connectivity index is 1.49. The fraction of sp³-hybridized carbons (Fsp3) is 0.321. The van der Waals surface area contributed by atoms with Crippen molar-refractivity contribution in [3.05, 3.63) is 83.8 Å². The van der Waals surface area contributed by atoms with Crippen LogP contribution in [0.1, 0.15) is 54.5 Å². The van der Waals surface area contributed by atoms with Crippen molar-refractivity contribution in [2.75, 3.05) is 4.90 Å². The van der Waals surface area contributed by atoms with Crippen molar-refractivity contribution in [3.63, 3.8) is 0 Å². The Kier molecular flexibility index (Phi) is 4.79. The predicted molar refractivity (Wildman–Crippen MR) is 127 cm³/mol. The van der Waals surface area contributed by atoms with Crippen LogP contribution in [0, 0.1) is 18.8 Å². The van der Waals surface area contributed by atoms with Crippen LogP contribution in [0.25, 0.3) is 0 Å². The monoisotopic (exact) mass is 438 g/mol. The van der Waals surface area contributed by atoms with E-state index in [-0.39, 0.29) is 23.5 Å². The van der Waals surface area contributed by atoms with Crippen molar-refractivity contribution in [2.45, 2.75) is 44.6 Å². The maximum atomic E-state index is 13.8. The second-order valence-electron chi connectivity index (χ2n) is 9.49. The van der Waals surface area contributed by atoms with Crippen LogP contribution in [0.5, 0.6) is 0 Å². The number of ketones is 1. The summed E-state index contributed by atoms with van der Waals surface area (Å²) in [6.45, 7) is 2.07. The van der Waals surface area contributed by atoms with Gasteiger partial charge in [0.25, 0.3) is 0 Å². The highest BCUT2D eigenvalue weighted by Gasteiger charge is 2.49. The quantitative estimate of drug-likeness (QED) is 0.510. The summed E-state index contributed by atoms with van der Waals surface area (Å²) in [6, 6.07) is 19.4. The molecular weight excluding hydrogens is 412 g/mol. The average Bonchev–Trinajstić information content (AvgIpc) is 3.56. The molecule has 2 aromatic carbocycles. The lowest BCUT2D eigenvalue weighted by Gasteiger charge is -2.37. The number of Topliss-reactive ketones (excluding diaryl/α,β-unsaturated/α-hetero) is 1. The van der Waals surface area contributed by atoms with Gasteiger partial charge in [-0.1, -0.05) is 42.0 Å². The Morgan fingerprint density at radius 2 is 1.79 bits per heavy atom. The van der Waals surface area contributed by atoms with Gasteiger partial charge in [0.05, 0.1) is 23.6 Å². The van der Waals surface area contributed by atoms with Gasteiger partial charge in [0.2, 0.25) is 5.91 Å². The Hall–Kier alpha value is -3.47.